The van der Waals surface area contributed by atoms with E-state index >= 15 is 0 Å². The SMILES string of the molecule is CN=C(NCc1ncc(-c2ccccc2)[nH]1)NC1CCN(c2ncccc2Cl)C1. The Morgan fingerprint density at radius 3 is 2.90 bits per heavy atom. The molecule has 1 unspecified atom stereocenters. The lowest BCUT2D eigenvalue weighted by atomic mass is 10.2. The lowest BCUT2D eigenvalue weighted by molar-refractivity contribution is 0.645. The minimum atomic E-state index is 0.274. The van der Waals surface area contributed by atoms with E-state index in [0.29, 0.717) is 11.6 Å². The highest BCUT2D eigenvalue weighted by atomic mass is 35.5. The number of rotatable bonds is 5. The Bertz CT molecular complexity index is 970. The van der Waals surface area contributed by atoms with Crippen LogP contribution in [0.5, 0.6) is 0 Å². The van der Waals surface area contributed by atoms with Gasteiger partial charge in [0.2, 0.25) is 0 Å². The molecular weight excluding hydrogens is 386 g/mol. The molecule has 0 bridgehead atoms. The molecule has 8 heteroatoms. The molecule has 1 aliphatic rings. The van der Waals surface area contributed by atoms with Crippen LogP contribution in [0.15, 0.2) is 59.9 Å². The molecule has 2 aromatic heterocycles. The molecule has 0 amide bonds. The van der Waals surface area contributed by atoms with Crippen molar-refractivity contribution in [2.45, 2.75) is 19.0 Å². The summed E-state index contributed by atoms with van der Waals surface area (Å²) in [6, 6.07) is 14.2. The van der Waals surface area contributed by atoms with E-state index < -0.39 is 0 Å². The number of pyridine rings is 1. The fraction of sp³-hybridized carbons (Fsp3) is 0.286. The monoisotopic (exact) mass is 409 g/mol. The van der Waals surface area contributed by atoms with E-state index in [2.05, 4.69) is 47.6 Å². The van der Waals surface area contributed by atoms with Gasteiger partial charge in [0.1, 0.15) is 11.6 Å². The number of aliphatic imine (C=N–C) groups is 1. The molecule has 3 N–H and O–H groups in total. The predicted molar refractivity (Wildman–Crippen MR) is 117 cm³/mol. The van der Waals surface area contributed by atoms with Gasteiger partial charge >= 0.3 is 0 Å². The Morgan fingerprint density at radius 2 is 2.10 bits per heavy atom. The van der Waals surface area contributed by atoms with Crippen molar-refractivity contribution in [2.75, 3.05) is 25.0 Å². The summed E-state index contributed by atoms with van der Waals surface area (Å²) >= 11 is 6.28. The van der Waals surface area contributed by atoms with E-state index in [9.17, 15) is 0 Å². The van der Waals surface area contributed by atoms with Gasteiger partial charge in [0.05, 0.1) is 23.5 Å². The Labute approximate surface area is 175 Å². The van der Waals surface area contributed by atoms with Crippen molar-refractivity contribution in [3.05, 3.63) is 65.7 Å². The van der Waals surface area contributed by atoms with Crippen LogP contribution in [-0.4, -0.2) is 47.1 Å². The number of benzene rings is 1. The molecular formula is C21H24ClN7. The average Bonchev–Trinajstić information content (AvgIpc) is 3.42. The molecule has 1 saturated heterocycles. The zero-order valence-corrected chi connectivity index (χ0v) is 17.0. The summed E-state index contributed by atoms with van der Waals surface area (Å²) < 4.78 is 0. The highest BCUT2D eigenvalue weighted by Gasteiger charge is 2.25. The smallest absolute Gasteiger partial charge is 0.191 e. The molecule has 0 saturated carbocycles. The highest BCUT2D eigenvalue weighted by molar-refractivity contribution is 6.32. The molecule has 7 nitrogen and oxygen atoms in total. The third-order valence-electron chi connectivity index (χ3n) is 4.93. The maximum absolute atomic E-state index is 6.28. The van der Waals surface area contributed by atoms with E-state index in [1.165, 1.54) is 0 Å². The molecule has 0 spiro atoms. The van der Waals surface area contributed by atoms with Gasteiger partial charge in [-0.1, -0.05) is 41.9 Å². The van der Waals surface area contributed by atoms with Crippen LogP contribution in [-0.2, 0) is 6.54 Å². The standard InChI is InChI=1S/C21H24ClN7/c1-23-21(26-13-19-25-12-18(28-19)15-6-3-2-4-7-15)27-16-9-11-29(14-16)20-17(22)8-5-10-24-20/h2-8,10,12,16H,9,11,13-14H2,1H3,(H,25,28)(H2,23,26,27). The van der Waals surface area contributed by atoms with Crippen molar-refractivity contribution in [1.82, 2.24) is 25.6 Å². The summed E-state index contributed by atoms with van der Waals surface area (Å²) in [6.07, 6.45) is 4.62. The fourth-order valence-corrected chi connectivity index (χ4v) is 3.69. The van der Waals surface area contributed by atoms with Gasteiger partial charge in [0.25, 0.3) is 0 Å². The molecule has 3 heterocycles. The lowest BCUT2D eigenvalue weighted by Crippen LogP contribution is -2.44. The normalized spacial score (nSPS) is 16.8. The van der Waals surface area contributed by atoms with E-state index in [1.54, 1.807) is 13.2 Å². The number of nitrogens with one attached hydrogen (secondary N) is 3. The van der Waals surface area contributed by atoms with Crippen LogP contribution >= 0.6 is 11.6 Å². The number of aromatic amines is 1. The molecule has 150 valence electrons. The second-order valence-electron chi connectivity index (χ2n) is 6.92. The van der Waals surface area contributed by atoms with Gasteiger partial charge in [-0.25, -0.2) is 9.97 Å². The van der Waals surface area contributed by atoms with Gasteiger partial charge in [0.15, 0.2) is 5.96 Å². The number of hydrogen-bond acceptors (Lipinski definition) is 4. The molecule has 1 atom stereocenters. The highest BCUT2D eigenvalue weighted by Crippen LogP contribution is 2.25. The van der Waals surface area contributed by atoms with Gasteiger partial charge < -0.3 is 20.5 Å². The number of imidazole rings is 1. The lowest BCUT2D eigenvalue weighted by Gasteiger charge is -2.20. The Balaban J connectivity index is 1.31. The van der Waals surface area contributed by atoms with Crippen molar-refractivity contribution in [1.29, 1.82) is 0 Å². The van der Waals surface area contributed by atoms with Crippen molar-refractivity contribution in [2.24, 2.45) is 4.99 Å². The molecule has 1 aliphatic heterocycles. The summed E-state index contributed by atoms with van der Waals surface area (Å²) in [5.74, 6) is 2.45. The number of anilines is 1. The topological polar surface area (TPSA) is 81.2 Å². The first-order chi connectivity index (χ1) is 14.2. The van der Waals surface area contributed by atoms with Gasteiger partial charge in [-0.05, 0) is 24.1 Å². The third kappa shape index (κ3) is 4.68. The number of H-pyrrole nitrogens is 1. The number of aromatic nitrogens is 3. The summed E-state index contributed by atoms with van der Waals surface area (Å²) in [6.45, 7) is 2.30. The van der Waals surface area contributed by atoms with E-state index in [1.807, 2.05) is 36.5 Å². The van der Waals surface area contributed by atoms with Crippen LogP contribution in [0, 0.1) is 0 Å². The maximum Gasteiger partial charge on any atom is 0.191 e. The Morgan fingerprint density at radius 1 is 1.24 bits per heavy atom. The summed E-state index contributed by atoms with van der Waals surface area (Å²) in [4.78, 5) is 18.8. The predicted octanol–water partition coefficient (Wildman–Crippen LogP) is 3.07. The first kappa shape index (κ1) is 19.3. The van der Waals surface area contributed by atoms with Crippen LogP contribution in [0.4, 0.5) is 5.82 Å². The Kier molecular flexibility index (Phi) is 5.95. The van der Waals surface area contributed by atoms with Crippen molar-refractivity contribution in [3.63, 3.8) is 0 Å². The molecule has 3 aromatic rings. The van der Waals surface area contributed by atoms with Crippen molar-refractivity contribution >= 4 is 23.4 Å². The van der Waals surface area contributed by atoms with E-state index in [4.69, 9.17) is 11.6 Å². The van der Waals surface area contributed by atoms with Crippen LogP contribution in [0.3, 0.4) is 0 Å². The van der Waals surface area contributed by atoms with Crippen LogP contribution in [0.2, 0.25) is 5.02 Å². The number of nitrogens with zero attached hydrogens (tertiary/aromatic N) is 4. The van der Waals surface area contributed by atoms with E-state index in [0.717, 1.165) is 48.4 Å². The molecule has 29 heavy (non-hydrogen) atoms. The van der Waals surface area contributed by atoms with Gasteiger partial charge in [-0.15, -0.1) is 0 Å². The van der Waals surface area contributed by atoms with E-state index in [-0.39, 0.29) is 6.04 Å². The van der Waals surface area contributed by atoms with Crippen LogP contribution < -0.4 is 15.5 Å². The number of hydrogen-bond donors (Lipinski definition) is 3. The number of guanidine groups is 1. The van der Waals surface area contributed by atoms with Crippen molar-refractivity contribution in [3.8, 4) is 11.3 Å². The number of halogens is 1. The summed E-state index contributed by atoms with van der Waals surface area (Å²) in [7, 11) is 1.77. The van der Waals surface area contributed by atoms with Gasteiger partial charge in [-0.2, -0.15) is 0 Å². The Hall–Kier alpha value is -3.06. The van der Waals surface area contributed by atoms with Crippen molar-refractivity contribution < 1.29 is 0 Å². The molecule has 1 aromatic carbocycles. The zero-order chi connectivity index (χ0) is 20.1. The average molecular weight is 410 g/mol. The molecule has 0 aliphatic carbocycles. The third-order valence-corrected chi connectivity index (χ3v) is 5.22. The molecule has 1 fully saturated rings. The second-order valence-corrected chi connectivity index (χ2v) is 7.33. The minimum Gasteiger partial charge on any atom is -0.353 e. The fourth-order valence-electron chi connectivity index (χ4n) is 3.45. The first-order valence-electron chi connectivity index (χ1n) is 9.65. The van der Waals surface area contributed by atoms with Crippen LogP contribution in [0.1, 0.15) is 12.2 Å². The molecule has 0 radical (unpaired) electrons. The van der Waals surface area contributed by atoms with Gasteiger partial charge in [-0.3, -0.25) is 4.99 Å². The summed E-state index contributed by atoms with van der Waals surface area (Å²) in [5.41, 5.74) is 2.12. The largest absolute Gasteiger partial charge is 0.353 e. The summed E-state index contributed by atoms with van der Waals surface area (Å²) in [5, 5.41) is 7.49. The van der Waals surface area contributed by atoms with Gasteiger partial charge in [0, 0.05) is 32.4 Å². The zero-order valence-electron chi connectivity index (χ0n) is 16.3. The minimum absolute atomic E-state index is 0.274. The molecule has 4 rings (SSSR count). The van der Waals surface area contributed by atoms with Crippen LogP contribution in [0.25, 0.3) is 11.3 Å². The quantitative estimate of drug-likeness (QED) is 0.445. The second kappa shape index (κ2) is 8.96. The first-order valence-corrected chi connectivity index (χ1v) is 10.0. The maximum atomic E-state index is 6.28.